The molecule has 0 spiro atoms. The summed E-state index contributed by atoms with van der Waals surface area (Å²) in [4.78, 5) is 10.1. The van der Waals surface area contributed by atoms with Gasteiger partial charge in [0.1, 0.15) is 5.75 Å². The predicted molar refractivity (Wildman–Crippen MR) is 103 cm³/mol. The van der Waals surface area contributed by atoms with Crippen molar-refractivity contribution in [3.8, 4) is 5.75 Å². The highest BCUT2D eigenvalue weighted by molar-refractivity contribution is 7.41. The van der Waals surface area contributed by atoms with E-state index in [0.717, 1.165) is 11.1 Å². The summed E-state index contributed by atoms with van der Waals surface area (Å²) in [6.45, 7) is 11.0. The molecule has 7 heteroatoms. The van der Waals surface area contributed by atoms with Crippen LogP contribution in [-0.2, 0) is 15.4 Å². The molecule has 0 aliphatic carbocycles. The standard InChI is InChI=1S/C19H33O6P/c1-17(2,3)14-7-8-16(15(9-14)18(4,5)6)25-26(23)24-13-19(10-20,11-21)12-22/h7-9,20-23H,10-13H2,1-6H3. The van der Waals surface area contributed by atoms with Gasteiger partial charge >= 0.3 is 8.60 Å². The second-order valence-corrected chi connectivity index (χ2v) is 9.70. The molecule has 0 fully saturated rings. The summed E-state index contributed by atoms with van der Waals surface area (Å²) in [5, 5.41) is 28.0. The van der Waals surface area contributed by atoms with Gasteiger partial charge in [0.2, 0.25) is 0 Å². The van der Waals surface area contributed by atoms with Crippen molar-refractivity contribution in [3.05, 3.63) is 29.3 Å². The molecule has 1 atom stereocenters. The first-order valence-electron chi connectivity index (χ1n) is 8.66. The van der Waals surface area contributed by atoms with E-state index in [1.54, 1.807) is 0 Å². The van der Waals surface area contributed by atoms with E-state index in [1.165, 1.54) is 0 Å². The minimum absolute atomic E-state index is 0.0119. The van der Waals surface area contributed by atoms with Crippen LogP contribution in [0.1, 0.15) is 52.7 Å². The van der Waals surface area contributed by atoms with E-state index in [0.29, 0.717) is 5.75 Å². The number of hydrogen-bond donors (Lipinski definition) is 4. The number of hydrogen-bond acceptors (Lipinski definition) is 6. The maximum absolute atomic E-state index is 10.1. The number of rotatable bonds is 8. The van der Waals surface area contributed by atoms with Gasteiger partial charge < -0.3 is 29.3 Å². The van der Waals surface area contributed by atoms with Gasteiger partial charge in [-0.1, -0.05) is 53.7 Å². The van der Waals surface area contributed by atoms with Gasteiger partial charge in [0, 0.05) is 5.56 Å². The number of aliphatic hydroxyl groups is 3. The van der Waals surface area contributed by atoms with E-state index in [1.807, 2.05) is 12.1 Å². The van der Waals surface area contributed by atoms with Crippen molar-refractivity contribution in [2.45, 2.75) is 52.4 Å². The molecule has 0 bridgehead atoms. The van der Waals surface area contributed by atoms with Gasteiger partial charge in [0.05, 0.1) is 31.8 Å². The zero-order valence-corrected chi connectivity index (χ0v) is 17.5. The maximum Gasteiger partial charge on any atom is 0.394 e. The van der Waals surface area contributed by atoms with Crippen LogP contribution in [0.3, 0.4) is 0 Å². The van der Waals surface area contributed by atoms with Gasteiger partial charge in [0.25, 0.3) is 0 Å². The molecule has 0 radical (unpaired) electrons. The van der Waals surface area contributed by atoms with Crippen molar-refractivity contribution in [2.75, 3.05) is 26.4 Å². The molecule has 1 aromatic rings. The summed E-state index contributed by atoms with van der Waals surface area (Å²) in [6.07, 6.45) is 0. The minimum atomic E-state index is -2.27. The third-order valence-corrected chi connectivity index (χ3v) is 5.02. The van der Waals surface area contributed by atoms with Gasteiger partial charge in [-0.3, -0.25) is 0 Å². The van der Waals surface area contributed by atoms with E-state index in [9.17, 15) is 20.2 Å². The van der Waals surface area contributed by atoms with E-state index in [2.05, 4.69) is 47.6 Å². The second-order valence-electron chi connectivity index (χ2n) is 8.79. The highest BCUT2D eigenvalue weighted by Gasteiger charge is 2.31. The van der Waals surface area contributed by atoms with Crippen LogP contribution < -0.4 is 4.52 Å². The molecule has 150 valence electrons. The lowest BCUT2D eigenvalue weighted by Crippen LogP contribution is -2.38. The van der Waals surface area contributed by atoms with Crippen LogP contribution in [0, 0.1) is 5.41 Å². The average Bonchev–Trinajstić information content (AvgIpc) is 2.55. The Labute approximate surface area is 157 Å². The molecule has 0 amide bonds. The van der Waals surface area contributed by atoms with Crippen molar-refractivity contribution in [2.24, 2.45) is 5.41 Å². The quantitative estimate of drug-likeness (QED) is 0.511. The summed E-state index contributed by atoms with van der Waals surface area (Å²) in [5.74, 6) is 0.529. The Bertz CT molecular complexity index is 564. The molecule has 0 heterocycles. The van der Waals surface area contributed by atoms with Gasteiger partial charge in [0.15, 0.2) is 0 Å². The van der Waals surface area contributed by atoms with E-state index in [-0.39, 0.29) is 17.4 Å². The van der Waals surface area contributed by atoms with E-state index < -0.39 is 33.8 Å². The number of aliphatic hydroxyl groups excluding tert-OH is 3. The normalized spacial score (nSPS) is 14.4. The first-order chi connectivity index (χ1) is 11.9. The molecular weight excluding hydrogens is 355 g/mol. The third kappa shape index (κ3) is 6.15. The zero-order valence-electron chi connectivity index (χ0n) is 16.6. The van der Waals surface area contributed by atoms with Gasteiger partial charge in [-0.15, -0.1) is 0 Å². The van der Waals surface area contributed by atoms with Crippen LogP contribution >= 0.6 is 8.60 Å². The molecule has 0 saturated heterocycles. The van der Waals surface area contributed by atoms with Crippen molar-refractivity contribution >= 4 is 8.60 Å². The molecule has 0 aromatic heterocycles. The molecule has 4 N–H and O–H groups in total. The molecule has 1 rings (SSSR count). The van der Waals surface area contributed by atoms with Gasteiger partial charge in [-0.2, -0.15) is 0 Å². The maximum atomic E-state index is 10.1. The highest BCUT2D eigenvalue weighted by Crippen LogP contribution is 2.42. The fourth-order valence-corrected chi connectivity index (χ4v) is 3.02. The summed E-state index contributed by atoms with van der Waals surface area (Å²) >= 11 is 0. The topological polar surface area (TPSA) is 99.4 Å². The Morgan fingerprint density at radius 1 is 0.885 bits per heavy atom. The lowest BCUT2D eigenvalue weighted by molar-refractivity contribution is -0.0277. The zero-order chi connectivity index (χ0) is 20.2. The molecule has 0 aliphatic rings. The lowest BCUT2D eigenvalue weighted by atomic mass is 9.80. The molecule has 1 aromatic carbocycles. The first-order valence-corrected chi connectivity index (χ1v) is 9.79. The van der Waals surface area contributed by atoms with E-state index >= 15 is 0 Å². The minimum Gasteiger partial charge on any atom is -0.427 e. The van der Waals surface area contributed by atoms with Crippen molar-refractivity contribution < 1.29 is 29.3 Å². The average molecular weight is 388 g/mol. The summed E-state index contributed by atoms with van der Waals surface area (Å²) in [7, 11) is -2.27. The van der Waals surface area contributed by atoms with E-state index in [4.69, 9.17) is 9.05 Å². The van der Waals surface area contributed by atoms with Crippen LogP contribution in [0.2, 0.25) is 0 Å². The SMILES string of the molecule is CC(C)(C)c1ccc(OP(O)OCC(CO)(CO)CO)c(C(C)(C)C)c1. The van der Waals surface area contributed by atoms with Crippen molar-refractivity contribution in [1.29, 1.82) is 0 Å². The summed E-state index contributed by atoms with van der Waals surface area (Å²) in [5.41, 5.74) is 0.695. The predicted octanol–water partition coefficient (Wildman–Crippen LogP) is 2.86. The van der Waals surface area contributed by atoms with Gasteiger partial charge in [-0.25, -0.2) is 0 Å². The Morgan fingerprint density at radius 2 is 1.42 bits per heavy atom. The van der Waals surface area contributed by atoms with Gasteiger partial charge in [-0.05, 0) is 22.5 Å². The lowest BCUT2D eigenvalue weighted by Gasteiger charge is -2.29. The Morgan fingerprint density at radius 3 is 1.85 bits per heavy atom. The molecule has 1 unspecified atom stereocenters. The van der Waals surface area contributed by atoms with Crippen LogP contribution in [0.15, 0.2) is 18.2 Å². The highest BCUT2D eigenvalue weighted by atomic mass is 31.2. The number of benzene rings is 1. The van der Waals surface area contributed by atoms with Crippen LogP contribution in [0.25, 0.3) is 0 Å². The second kappa shape index (κ2) is 8.96. The van der Waals surface area contributed by atoms with Crippen LogP contribution in [0.5, 0.6) is 5.75 Å². The summed E-state index contributed by atoms with van der Waals surface area (Å²) in [6, 6.07) is 5.87. The van der Waals surface area contributed by atoms with Crippen LogP contribution in [0.4, 0.5) is 0 Å². The fourth-order valence-electron chi connectivity index (χ4n) is 2.25. The molecule has 0 aliphatic heterocycles. The largest absolute Gasteiger partial charge is 0.427 e. The fraction of sp³-hybridized carbons (Fsp3) is 0.684. The summed E-state index contributed by atoms with van der Waals surface area (Å²) < 4.78 is 10.9. The molecular formula is C19H33O6P. The monoisotopic (exact) mass is 388 g/mol. The van der Waals surface area contributed by atoms with Crippen LogP contribution in [-0.4, -0.2) is 46.6 Å². The van der Waals surface area contributed by atoms with Crippen molar-refractivity contribution in [3.63, 3.8) is 0 Å². The smallest absolute Gasteiger partial charge is 0.394 e. The first kappa shape index (κ1) is 23.3. The molecule has 0 saturated carbocycles. The molecule has 6 nitrogen and oxygen atoms in total. The Hall–Kier alpha value is -0.750. The van der Waals surface area contributed by atoms with Crippen molar-refractivity contribution in [1.82, 2.24) is 0 Å². The Balaban J connectivity index is 2.98. The molecule has 26 heavy (non-hydrogen) atoms. The Kier molecular flexibility index (Phi) is 8.03. The third-order valence-electron chi connectivity index (χ3n) is 4.32.